The summed E-state index contributed by atoms with van der Waals surface area (Å²) in [6.45, 7) is 3.14. The first-order valence-electron chi connectivity index (χ1n) is 7.29. The van der Waals surface area contributed by atoms with Gasteiger partial charge in [-0.2, -0.15) is 5.10 Å². The summed E-state index contributed by atoms with van der Waals surface area (Å²) in [6, 6.07) is 1.44. The number of hydrogen-bond acceptors (Lipinski definition) is 4. The number of hydrogen-bond donors (Lipinski definition) is 1. The van der Waals surface area contributed by atoms with Crippen LogP contribution in [-0.4, -0.2) is 57.3 Å². The minimum absolute atomic E-state index is 0.0466. The molecule has 1 saturated heterocycles. The van der Waals surface area contributed by atoms with E-state index < -0.39 is 5.97 Å². The molecule has 1 aromatic rings. The molecule has 0 spiro atoms. The van der Waals surface area contributed by atoms with Crippen LogP contribution in [0.4, 0.5) is 5.82 Å². The Morgan fingerprint density at radius 1 is 1.57 bits per heavy atom. The van der Waals surface area contributed by atoms with E-state index >= 15 is 0 Å². The van der Waals surface area contributed by atoms with Crippen LogP contribution in [0.15, 0.2) is 12.3 Å². The van der Waals surface area contributed by atoms with Gasteiger partial charge in [-0.1, -0.05) is 6.92 Å². The molecule has 7 nitrogen and oxygen atoms in total. The van der Waals surface area contributed by atoms with E-state index in [1.54, 1.807) is 20.7 Å². The Morgan fingerprint density at radius 3 is 2.90 bits per heavy atom. The number of carbonyl (C=O) groups excluding carboxylic acids is 1. The lowest BCUT2D eigenvalue weighted by molar-refractivity contribution is -0.140. The highest BCUT2D eigenvalue weighted by molar-refractivity contribution is 5.97. The number of carboxylic acid groups (broad SMARTS) is 1. The number of anilines is 1. The van der Waals surface area contributed by atoms with Gasteiger partial charge in [-0.05, 0) is 25.8 Å². The van der Waals surface area contributed by atoms with Gasteiger partial charge in [0.25, 0.3) is 0 Å². The van der Waals surface area contributed by atoms with Crippen LogP contribution in [0.1, 0.15) is 26.2 Å². The van der Waals surface area contributed by atoms with Crippen LogP contribution in [0.25, 0.3) is 0 Å². The van der Waals surface area contributed by atoms with Gasteiger partial charge < -0.3 is 5.11 Å². The Labute approximate surface area is 124 Å². The number of carbonyl (C=O) groups is 2. The maximum Gasteiger partial charge on any atom is 0.317 e. The highest BCUT2D eigenvalue weighted by atomic mass is 16.4. The molecule has 116 valence electrons. The van der Waals surface area contributed by atoms with Gasteiger partial charge in [0.05, 0.1) is 12.6 Å². The third-order valence-electron chi connectivity index (χ3n) is 3.68. The first kappa shape index (κ1) is 15.5. The van der Waals surface area contributed by atoms with Crippen molar-refractivity contribution in [1.82, 2.24) is 14.7 Å². The van der Waals surface area contributed by atoms with E-state index in [1.807, 2.05) is 20.0 Å². The average molecular weight is 294 g/mol. The Morgan fingerprint density at radius 2 is 2.33 bits per heavy atom. The van der Waals surface area contributed by atoms with E-state index in [0.29, 0.717) is 25.3 Å². The molecule has 0 aromatic carbocycles. The zero-order valence-electron chi connectivity index (χ0n) is 12.5. The van der Waals surface area contributed by atoms with Crippen molar-refractivity contribution in [2.24, 2.45) is 7.05 Å². The minimum atomic E-state index is -0.897. The predicted molar refractivity (Wildman–Crippen MR) is 78.1 cm³/mol. The monoisotopic (exact) mass is 294 g/mol. The first-order chi connectivity index (χ1) is 10.0. The molecule has 0 saturated carbocycles. The van der Waals surface area contributed by atoms with Crippen molar-refractivity contribution in [1.29, 1.82) is 0 Å². The molecule has 1 N–H and O–H groups in total. The van der Waals surface area contributed by atoms with E-state index in [1.165, 1.54) is 0 Å². The molecule has 1 aromatic heterocycles. The van der Waals surface area contributed by atoms with Gasteiger partial charge in [-0.25, -0.2) is 0 Å². The van der Waals surface area contributed by atoms with E-state index in [9.17, 15) is 9.59 Å². The first-order valence-corrected chi connectivity index (χ1v) is 7.29. The van der Waals surface area contributed by atoms with Crippen LogP contribution < -0.4 is 4.90 Å². The fourth-order valence-electron chi connectivity index (χ4n) is 2.78. The van der Waals surface area contributed by atoms with Gasteiger partial charge in [-0.3, -0.25) is 24.1 Å². The van der Waals surface area contributed by atoms with Crippen molar-refractivity contribution in [2.75, 3.05) is 24.5 Å². The molecule has 1 atom stereocenters. The van der Waals surface area contributed by atoms with E-state index in [2.05, 4.69) is 5.10 Å². The molecule has 1 aliphatic heterocycles. The summed E-state index contributed by atoms with van der Waals surface area (Å²) in [4.78, 5) is 27.1. The number of amides is 1. The SMILES string of the molecule is CCCN(CC(=O)O)C1CCCN(c2ccn(C)n2)C1=O. The van der Waals surface area contributed by atoms with Gasteiger partial charge in [0.15, 0.2) is 5.82 Å². The summed E-state index contributed by atoms with van der Waals surface area (Å²) in [5.74, 6) is -0.306. The molecule has 0 bridgehead atoms. The van der Waals surface area contributed by atoms with Gasteiger partial charge >= 0.3 is 5.97 Å². The number of carboxylic acids is 1. The van der Waals surface area contributed by atoms with Crippen LogP contribution in [0, 0.1) is 0 Å². The van der Waals surface area contributed by atoms with Crippen LogP contribution in [-0.2, 0) is 16.6 Å². The van der Waals surface area contributed by atoms with Gasteiger partial charge in [0.2, 0.25) is 5.91 Å². The lowest BCUT2D eigenvalue weighted by Gasteiger charge is -2.36. The summed E-state index contributed by atoms with van der Waals surface area (Å²) >= 11 is 0. The van der Waals surface area contributed by atoms with Crippen molar-refractivity contribution in [3.05, 3.63) is 12.3 Å². The molecule has 1 fully saturated rings. The second-order valence-electron chi connectivity index (χ2n) is 5.36. The van der Waals surface area contributed by atoms with Crippen LogP contribution in [0.2, 0.25) is 0 Å². The van der Waals surface area contributed by atoms with Gasteiger partial charge in [0, 0.05) is 25.9 Å². The summed E-state index contributed by atoms with van der Waals surface area (Å²) in [5, 5.41) is 13.3. The molecule has 0 aliphatic carbocycles. The highest BCUT2D eigenvalue weighted by Crippen LogP contribution is 2.22. The van der Waals surface area contributed by atoms with Crippen LogP contribution in [0.3, 0.4) is 0 Å². The molecule has 0 radical (unpaired) electrons. The van der Waals surface area contributed by atoms with Crippen molar-refractivity contribution < 1.29 is 14.7 Å². The maximum absolute atomic E-state index is 12.7. The fourth-order valence-corrected chi connectivity index (χ4v) is 2.78. The normalized spacial score (nSPS) is 19.3. The highest BCUT2D eigenvalue weighted by Gasteiger charge is 2.35. The topological polar surface area (TPSA) is 78.7 Å². The van der Waals surface area contributed by atoms with E-state index in [-0.39, 0.29) is 18.5 Å². The Hall–Kier alpha value is -1.89. The number of aryl methyl sites for hydroxylation is 1. The van der Waals surface area contributed by atoms with Crippen molar-refractivity contribution in [3.63, 3.8) is 0 Å². The quantitative estimate of drug-likeness (QED) is 0.836. The molecule has 7 heteroatoms. The lowest BCUT2D eigenvalue weighted by Crippen LogP contribution is -2.54. The number of piperidine rings is 1. The summed E-state index contributed by atoms with van der Waals surface area (Å²) in [6.07, 6.45) is 4.18. The molecular weight excluding hydrogens is 272 g/mol. The zero-order chi connectivity index (χ0) is 15.4. The third kappa shape index (κ3) is 3.60. The molecular formula is C14H22N4O3. The second-order valence-corrected chi connectivity index (χ2v) is 5.36. The second kappa shape index (κ2) is 6.71. The standard InChI is InChI=1S/C14H22N4O3/c1-3-7-17(10-13(19)20)11-5-4-8-18(14(11)21)12-6-9-16(2)15-12/h6,9,11H,3-5,7-8,10H2,1-2H3,(H,19,20). The smallest absolute Gasteiger partial charge is 0.317 e. The molecule has 2 heterocycles. The van der Waals surface area contributed by atoms with Crippen molar-refractivity contribution >= 4 is 17.7 Å². The van der Waals surface area contributed by atoms with E-state index in [0.717, 1.165) is 12.8 Å². The fraction of sp³-hybridized carbons (Fsp3) is 0.643. The Balaban J connectivity index is 2.15. The molecule has 1 unspecified atom stereocenters. The summed E-state index contributed by atoms with van der Waals surface area (Å²) in [7, 11) is 1.81. The van der Waals surface area contributed by atoms with Crippen LogP contribution >= 0.6 is 0 Å². The lowest BCUT2D eigenvalue weighted by atomic mass is 10.0. The maximum atomic E-state index is 12.7. The minimum Gasteiger partial charge on any atom is -0.480 e. The van der Waals surface area contributed by atoms with Crippen molar-refractivity contribution in [2.45, 2.75) is 32.2 Å². The number of rotatable bonds is 6. The molecule has 21 heavy (non-hydrogen) atoms. The Kier molecular flexibility index (Phi) is 4.95. The van der Waals surface area contributed by atoms with Crippen molar-refractivity contribution in [3.8, 4) is 0 Å². The molecule has 1 aliphatic rings. The van der Waals surface area contributed by atoms with E-state index in [4.69, 9.17) is 5.11 Å². The predicted octanol–water partition coefficient (Wildman–Crippen LogP) is 0.712. The zero-order valence-corrected chi connectivity index (χ0v) is 12.5. The van der Waals surface area contributed by atoms with Gasteiger partial charge in [0.1, 0.15) is 0 Å². The number of aromatic nitrogens is 2. The van der Waals surface area contributed by atoms with Crippen LogP contribution in [0.5, 0.6) is 0 Å². The number of nitrogens with zero attached hydrogens (tertiary/aromatic N) is 4. The Bertz CT molecular complexity index is 514. The largest absolute Gasteiger partial charge is 0.480 e. The molecule has 2 rings (SSSR count). The van der Waals surface area contributed by atoms with Gasteiger partial charge in [-0.15, -0.1) is 0 Å². The summed E-state index contributed by atoms with van der Waals surface area (Å²) in [5.41, 5.74) is 0. The number of aliphatic carboxylic acids is 1. The third-order valence-corrected chi connectivity index (χ3v) is 3.68. The average Bonchev–Trinajstić information content (AvgIpc) is 2.84. The molecule has 1 amide bonds. The summed E-state index contributed by atoms with van der Waals surface area (Å²) < 4.78 is 1.66.